The van der Waals surface area contributed by atoms with Crippen LogP contribution in [0, 0.1) is 13.8 Å². The van der Waals surface area contributed by atoms with Gasteiger partial charge in [0.15, 0.2) is 0 Å². The minimum absolute atomic E-state index is 0.662. The standard InChI is InChI=1S/C14H13ClN2O2/c1-9-14(15)10(2)17(16-9)12-6-3-11(4-7-12)5-8-13(18)19/h3-8H,1-2H3,(H,18,19). The Bertz CT molecular complexity index is 642. The van der Waals surface area contributed by atoms with Gasteiger partial charge in [0.25, 0.3) is 0 Å². The zero-order valence-corrected chi connectivity index (χ0v) is 11.3. The molecule has 1 aromatic carbocycles. The first-order chi connectivity index (χ1) is 8.99. The highest BCUT2D eigenvalue weighted by atomic mass is 35.5. The van der Waals surface area contributed by atoms with Crippen LogP contribution in [0.4, 0.5) is 0 Å². The largest absolute Gasteiger partial charge is 0.478 e. The second-order valence-corrected chi connectivity index (χ2v) is 4.54. The number of carboxylic acid groups (broad SMARTS) is 1. The molecule has 4 nitrogen and oxygen atoms in total. The van der Waals surface area contributed by atoms with Crippen LogP contribution in [0.15, 0.2) is 30.3 Å². The van der Waals surface area contributed by atoms with Gasteiger partial charge in [0, 0.05) is 6.08 Å². The highest BCUT2D eigenvalue weighted by Gasteiger charge is 2.10. The zero-order valence-electron chi connectivity index (χ0n) is 10.6. The van der Waals surface area contributed by atoms with E-state index < -0.39 is 5.97 Å². The Morgan fingerprint density at radius 2 is 1.95 bits per heavy atom. The maximum absolute atomic E-state index is 10.4. The number of halogens is 1. The van der Waals surface area contributed by atoms with Crippen LogP contribution < -0.4 is 0 Å². The Morgan fingerprint density at radius 1 is 1.32 bits per heavy atom. The van der Waals surface area contributed by atoms with Crippen LogP contribution in [0.3, 0.4) is 0 Å². The van der Waals surface area contributed by atoms with E-state index in [2.05, 4.69) is 5.10 Å². The Labute approximate surface area is 115 Å². The molecule has 0 amide bonds. The molecule has 0 aliphatic carbocycles. The first kappa shape index (κ1) is 13.4. The summed E-state index contributed by atoms with van der Waals surface area (Å²) >= 11 is 6.10. The SMILES string of the molecule is Cc1nn(-c2ccc(C=CC(=O)O)cc2)c(C)c1Cl. The number of hydrogen-bond donors (Lipinski definition) is 1. The third-order valence-corrected chi connectivity index (χ3v) is 3.31. The molecule has 19 heavy (non-hydrogen) atoms. The van der Waals surface area contributed by atoms with Crippen molar-refractivity contribution < 1.29 is 9.90 Å². The van der Waals surface area contributed by atoms with Gasteiger partial charge in [-0.1, -0.05) is 23.7 Å². The molecular formula is C14H13ClN2O2. The molecule has 1 heterocycles. The fourth-order valence-corrected chi connectivity index (χ4v) is 1.89. The summed E-state index contributed by atoms with van der Waals surface area (Å²) in [6.45, 7) is 3.76. The second kappa shape index (κ2) is 5.28. The van der Waals surface area contributed by atoms with E-state index in [1.165, 1.54) is 0 Å². The summed E-state index contributed by atoms with van der Waals surface area (Å²) in [6, 6.07) is 7.41. The Kier molecular flexibility index (Phi) is 3.71. The molecule has 98 valence electrons. The van der Waals surface area contributed by atoms with Gasteiger partial charge >= 0.3 is 5.97 Å². The number of aryl methyl sites for hydroxylation is 1. The van der Waals surface area contributed by atoms with Gasteiger partial charge in [-0.2, -0.15) is 5.10 Å². The third kappa shape index (κ3) is 2.85. The van der Waals surface area contributed by atoms with Gasteiger partial charge < -0.3 is 5.11 Å². The van der Waals surface area contributed by atoms with Crippen molar-refractivity contribution in [2.24, 2.45) is 0 Å². The van der Waals surface area contributed by atoms with Gasteiger partial charge in [-0.15, -0.1) is 0 Å². The average Bonchev–Trinajstić information content (AvgIpc) is 2.65. The minimum atomic E-state index is -0.964. The van der Waals surface area contributed by atoms with E-state index in [0.29, 0.717) is 5.02 Å². The smallest absolute Gasteiger partial charge is 0.328 e. The molecule has 0 spiro atoms. The quantitative estimate of drug-likeness (QED) is 0.876. The zero-order chi connectivity index (χ0) is 14.0. The van der Waals surface area contributed by atoms with E-state index in [9.17, 15) is 4.79 Å². The van der Waals surface area contributed by atoms with Crippen LogP contribution in [0.25, 0.3) is 11.8 Å². The van der Waals surface area contributed by atoms with Crippen molar-refractivity contribution in [3.63, 3.8) is 0 Å². The van der Waals surface area contributed by atoms with Crippen molar-refractivity contribution in [1.29, 1.82) is 0 Å². The average molecular weight is 277 g/mol. The summed E-state index contributed by atoms with van der Waals surface area (Å²) in [5.74, 6) is -0.964. The van der Waals surface area contributed by atoms with Gasteiger partial charge in [0.1, 0.15) is 0 Å². The summed E-state index contributed by atoms with van der Waals surface area (Å²) in [6.07, 6.45) is 2.65. The second-order valence-electron chi connectivity index (χ2n) is 4.16. The van der Waals surface area contributed by atoms with E-state index >= 15 is 0 Å². The normalized spacial score (nSPS) is 11.1. The Balaban J connectivity index is 2.32. The van der Waals surface area contributed by atoms with Crippen molar-refractivity contribution in [2.75, 3.05) is 0 Å². The lowest BCUT2D eigenvalue weighted by Crippen LogP contribution is -1.98. The van der Waals surface area contributed by atoms with Gasteiger partial charge in [-0.3, -0.25) is 0 Å². The molecule has 1 aromatic heterocycles. The van der Waals surface area contributed by atoms with Crippen LogP contribution in [0.1, 0.15) is 17.0 Å². The molecule has 0 saturated carbocycles. The van der Waals surface area contributed by atoms with E-state index in [0.717, 1.165) is 28.7 Å². The summed E-state index contributed by atoms with van der Waals surface area (Å²) in [5.41, 5.74) is 3.38. The molecule has 0 fully saturated rings. The number of aromatic nitrogens is 2. The van der Waals surface area contributed by atoms with Crippen LogP contribution in [0.5, 0.6) is 0 Å². The van der Waals surface area contributed by atoms with E-state index in [-0.39, 0.29) is 0 Å². The Morgan fingerprint density at radius 3 is 2.42 bits per heavy atom. The van der Waals surface area contributed by atoms with Gasteiger partial charge in [-0.25, -0.2) is 9.48 Å². The lowest BCUT2D eigenvalue weighted by molar-refractivity contribution is -0.131. The summed E-state index contributed by atoms with van der Waals surface area (Å²) in [7, 11) is 0. The Hall–Kier alpha value is -2.07. The lowest BCUT2D eigenvalue weighted by Gasteiger charge is -2.04. The van der Waals surface area contributed by atoms with Crippen LogP contribution in [-0.4, -0.2) is 20.9 Å². The van der Waals surface area contributed by atoms with Crippen molar-refractivity contribution in [3.8, 4) is 5.69 Å². The molecule has 2 aromatic rings. The monoisotopic (exact) mass is 276 g/mol. The molecule has 2 rings (SSSR count). The van der Waals surface area contributed by atoms with Crippen LogP contribution in [0.2, 0.25) is 5.02 Å². The number of benzene rings is 1. The van der Waals surface area contributed by atoms with Crippen LogP contribution in [-0.2, 0) is 4.79 Å². The number of carboxylic acids is 1. The number of hydrogen-bond acceptors (Lipinski definition) is 2. The molecule has 0 aliphatic heterocycles. The van der Waals surface area contributed by atoms with E-state index in [1.54, 1.807) is 10.8 Å². The highest BCUT2D eigenvalue weighted by molar-refractivity contribution is 6.31. The van der Waals surface area contributed by atoms with Crippen molar-refractivity contribution in [2.45, 2.75) is 13.8 Å². The number of nitrogens with zero attached hydrogens (tertiary/aromatic N) is 2. The number of rotatable bonds is 3. The van der Waals surface area contributed by atoms with Gasteiger partial charge in [0.2, 0.25) is 0 Å². The minimum Gasteiger partial charge on any atom is -0.478 e. The topological polar surface area (TPSA) is 55.1 Å². The fourth-order valence-electron chi connectivity index (χ4n) is 1.77. The van der Waals surface area contributed by atoms with E-state index in [1.807, 2.05) is 38.1 Å². The maximum atomic E-state index is 10.4. The van der Waals surface area contributed by atoms with Gasteiger partial charge in [-0.05, 0) is 37.6 Å². The molecule has 0 saturated heterocycles. The molecule has 0 atom stereocenters. The van der Waals surface area contributed by atoms with E-state index in [4.69, 9.17) is 16.7 Å². The molecule has 0 bridgehead atoms. The first-order valence-electron chi connectivity index (χ1n) is 5.72. The molecular weight excluding hydrogens is 264 g/mol. The van der Waals surface area contributed by atoms with Gasteiger partial charge in [0.05, 0.1) is 22.1 Å². The summed E-state index contributed by atoms with van der Waals surface area (Å²) in [4.78, 5) is 10.4. The predicted octanol–water partition coefficient (Wildman–Crippen LogP) is 3.24. The number of carbonyl (C=O) groups is 1. The third-order valence-electron chi connectivity index (χ3n) is 2.76. The molecule has 1 N–H and O–H groups in total. The van der Waals surface area contributed by atoms with Crippen LogP contribution >= 0.6 is 11.6 Å². The lowest BCUT2D eigenvalue weighted by atomic mass is 10.2. The maximum Gasteiger partial charge on any atom is 0.328 e. The summed E-state index contributed by atoms with van der Waals surface area (Å²) < 4.78 is 1.77. The van der Waals surface area contributed by atoms with Crippen molar-refractivity contribution >= 4 is 23.6 Å². The van der Waals surface area contributed by atoms with Crippen molar-refractivity contribution in [3.05, 3.63) is 52.3 Å². The molecule has 0 radical (unpaired) electrons. The summed E-state index contributed by atoms with van der Waals surface area (Å²) in [5, 5.41) is 13.6. The molecule has 0 aliphatic rings. The number of aliphatic carboxylic acids is 1. The first-order valence-corrected chi connectivity index (χ1v) is 6.10. The predicted molar refractivity (Wildman–Crippen MR) is 74.7 cm³/mol. The van der Waals surface area contributed by atoms with Crippen molar-refractivity contribution in [1.82, 2.24) is 9.78 Å². The molecule has 0 unspecified atom stereocenters. The molecule has 5 heteroatoms. The fraction of sp³-hybridized carbons (Fsp3) is 0.143. The highest BCUT2D eigenvalue weighted by Crippen LogP contribution is 2.22.